The Hall–Kier alpha value is -3.69. The Balaban J connectivity index is 1.49. The van der Waals surface area contributed by atoms with Crippen LogP contribution in [0, 0.1) is 12.7 Å². The van der Waals surface area contributed by atoms with Gasteiger partial charge in [0.2, 0.25) is 5.88 Å². The molecule has 5 rings (SSSR count). The molecule has 0 atom stereocenters. The largest absolute Gasteiger partial charge is 0.474 e. The summed E-state index contributed by atoms with van der Waals surface area (Å²) in [6.45, 7) is 3.02. The summed E-state index contributed by atoms with van der Waals surface area (Å²) in [5, 5.41) is 9.62. The van der Waals surface area contributed by atoms with Crippen LogP contribution in [-0.2, 0) is 0 Å². The van der Waals surface area contributed by atoms with E-state index in [2.05, 4.69) is 25.9 Å². The van der Waals surface area contributed by atoms with E-state index in [1.807, 2.05) is 6.92 Å². The molecule has 0 bridgehead atoms. The van der Waals surface area contributed by atoms with Gasteiger partial charge in [-0.15, -0.1) is 0 Å². The van der Waals surface area contributed by atoms with Gasteiger partial charge in [-0.3, -0.25) is 5.32 Å². The molecule has 0 saturated heterocycles. The number of pyridine rings is 2. The van der Waals surface area contributed by atoms with Crippen LogP contribution in [0.25, 0.3) is 21.9 Å². The molecule has 0 spiro atoms. The van der Waals surface area contributed by atoms with Crippen LogP contribution in [0.3, 0.4) is 0 Å². The Morgan fingerprint density at radius 1 is 1.25 bits per heavy atom. The van der Waals surface area contributed by atoms with Crippen LogP contribution < -0.4 is 26.4 Å². The minimum Gasteiger partial charge on any atom is -0.474 e. The molecule has 3 heterocycles. The minimum atomic E-state index is -0.862. The molecule has 2 amide bonds. The first kappa shape index (κ1) is 20.2. The topological polar surface area (TPSA) is 114 Å². The van der Waals surface area contributed by atoms with E-state index in [0.717, 1.165) is 11.3 Å². The number of hydrogen-bond acceptors (Lipinski definition) is 6. The van der Waals surface area contributed by atoms with Crippen molar-refractivity contribution in [1.29, 1.82) is 0 Å². The molecule has 2 aromatic heterocycles. The van der Waals surface area contributed by atoms with Crippen molar-refractivity contribution in [2.75, 3.05) is 29.5 Å². The number of anilines is 3. The van der Waals surface area contributed by atoms with E-state index in [9.17, 15) is 9.18 Å². The monoisotopic (exact) mass is 440 g/mol. The number of rotatable bonds is 3. The normalized spacial score (nSPS) is 19.3. The van der Waals surface area contributed by atoms with E-state index < -0.39 is 18.0 Å². The SMILES string of the molecule is Cc1c(-c2cc3cc(NC(=O)N[C@H]4C[C@@H](F)C4)ncc3c(N)c2F)cnc2c1NCCO2. The van der Waals surface area contributed by atoms with Crippen molar-refractivity contribution in [3.63, 3.8) is 0 Å². The number of nitrogens with zero attached hydrogens (tertiary/aromatic N) is 2. The summed E-state index contributed by atoms with van der Waals surface area (Å²) in [4.78, 5) is 20.6. The average Bonchev–Trinajstić information content (AvgIpc) is 2.76. The van der Waals surface area contributed by atoms with Gasteiger partial charge in [-0.1, -0.05) is 0 Å². The summed E-state index contributed by atoms with van der Waals surface area (Å²) in [5.74, 6) is 0.197. The number of alkyl halides is 1. The number of fused-ring (bicyclic) bond motifs is 2. The van der Waals surface area contributed by atoms with Gasteiger partial charge in [0, 0.05) is 41.5 Å². The fourth-order valence-corrected chi connectivity index (χ4v) is 4.06. The summed E-state index contributed by atoms with van der Waals surface area (Å²) in [6.07, 6.45) is 2.74. The standard InChI is InChI=1S/C22H22F2N6O2/c1-10-15(8-28-21-20(10)26-2-3-32-21)14-4-11-5-17(27-9-16(11)19(25)18(14)24)30-22(31)29-13-6-12(23)7-13/h4-5,8-9,12-13,26H,2-3,6-7,25H2,1H3,(H2,27,29,30,31)/t12-,13+. The van der Waals surface area contributed by atoms with Crippen molar-refractivity contribution < 1.29 is 18.3 Å². The number of urea groups is 1. The van der Waals surface area contributed by atoms with Crippen LogP contribution >= 0.6 is 0 Å². The third-order valence-electron chi connectivity index (χ3n) is 5.89. The highest BCUT2D eigenvalue weighted by Gasteiger charge is 2.30. The lowest BCUT2D eigenvalue weighted by Gasteiger charge is -2.30. The number of amides is 2. The molecule has 1 aromatic carbocycles. The zero-order valence-electron chi connectivity index (χ0n) is 17.3. The van der Waals surface area contributed by atoms with Gasteiger partial charge in [0.15, 0.2) is 5.82 Å². The van der Waals surface area contributed by atoms with Crippen LogP contribution in [-0.4, -0.2) is 41.4 Å². The minimum absolute atomic E-state index is 0.0363. The molecule has 1 saturated carbocycles. The summed E-state index contributed by atoms with van der Waals surface area (Å²) in [7, 11) is 0. The first-order valence-corrected chi connectivity index (χ1v) is 10.4. The molecule has 0 radical (unpaired) electrons. The van der Waals surface area contributed by atoms with Crippen LogP contribution in [0.15, 0.2) is 24.5 Å². The molecule has 8 nitrogen and oxygen atoms in total. The summed E-state index contributed by atoms with van der Waals surface area (Å²) in [6, 6.07) is 2.63. The van der Waals surface area contributed by atoms with Gasteiger partial charge in [-0.2, -0.15) is 0 Å². The number of nitrogen functional groups attached to an aromatic ring is 1. The quantitative estimate of drug-likeness (QED) is 0.461. The number of carbonyl (C=O) groups is 1. The van der Waals surface area contributed by atoms with Gasteiger partial charge in [-0.25, -0.2) is 23.5 Å². The first-order chi connectivity index (χ1) is 15.4. The number of benzene rings is 1. The second kappa shape index (κ2) is 7.77. The molecule has 3 aromatic rings. The number of nitrogens with one attached hydrogen (secondary N) is 3. The molecule has 1 aliphatic heterocycles. The van der Waals surface area contributed by atoms with Gasteiger partial charge >= 0.3 is 6.03 Å². The predicted octanol–water partition coefficient (Wildman–Crippen LogP) is 3.75. The molecule has 1 aliphatic carbocycles. The fraction of sp³-hybridized carbons (Fsp3) is 0.318. The van der Waals surface area contributed by atoms with Gasteiger partial charge in [0.1, 0.15) is 24.3 Å². The Morgan fingerprint density at radius 2 is 2.06 bits per heavy atom. The Labute approximate surface area is 182 Å². The average molecular weight is 440 g/mol. The fourth-order valence-electron chi connectivity index (χ4n) is 4.06. The second-order valence-electron chi connectivity index (χ2n) is 8.06. The molecular weight excluding hydrogens is 418 g/mol. The second-order valence-corrected chi connectivity index (χ2v) is 8.06. The number of halogens is 2. The highest BCUT2D eigenvalue weighted by atomic mass is 19.1. The number of hydrogen-bond donors (Lipinski definition) is 4. The van der Waals surface area contributed by atoms with Crippen LogP contribution in [0.1, 0.15) is 18.4 Å². The number of ether oxygens (including phenoxy) is 1. The molecule has 10 heteroatoms. The Kier molecular flexibility index (Phi) is 4.91. The summed E-state index contributed by atoms with van der Waals surface area (Å²) >= 11 is 0. The predicted molar refractivity (Wildman–Crippen MR) is 118 cm³/mol. The zero-order valence-corrected chi connectivity index (χ0v) is 17.3. The zero-order chi connectivity index (χ0) is 22.4. The van der Waals surface area contributed by atoms with Crippen molar-refractivity contribution in [3.8, 4) is 17.0 Å². The number of aromatic nitrogens is 2. The van der Waals surface area contributed by atoms with Crippen molar-refractivity contribution in [2.45, 2.75) is 32.0 Å². The van der Waals surface area contributed by atoms with Crippen LogP contribution in [0.2, 0.25) is 0 Å². The molecule has 1 fully saturated rings. The van der Waals surface area contributed by atoms with E-state index in [-0.39, 0.29) is 17.5 Å². The van der Waals surface area contributed by atoms with Crippen LogP contribution in [0.4, 0.5) is 30.8 Å². The third kappa shape index (κ3) is 3.51. The maximum absolute atomic E-state index is 15.2. The van der Waals surface area contributed by atoms with E-state index in [0.29, 0.717) is 53.8 Å². The molecule has 0 unspecified atom stereocenters. The lowest BCUT2D eigenvalue weighted by atomic mass is 9.91. The Bertz CT molecular complexity index is 1230. The highest BCUT2D eigenvalue weighted by molar-refractivity contribution is 6.00. The van der Waals surface area contributed by atoms with Crippen molar-refractivity contribution in [1.82, 2.24) is 15.3 Å². The van der Waals surface area contributed by atoms with E-state index >= 15 is 4.39 Å². The van der Waals surface area contributed by atoms with Crippen LogP contribution in [0.5, 0.6) is 5.88 Å². The van der Waals surface area contributed by atoms with Crippen molar-refractivity contribution in [2.24, 2.45) is 0 Å². The highest BCUT2D eigenvalue weighted by Crippen LogP contribution is 2.39. The first-order valence-electron chi connectivity index (χ1n) is 10.4. The molecule has 32 heavy (non-hydrogen) atoms. The summed E-state index contributed by atoms with van der Waals surface area (Å²) in [5.41, 5.74) is 8.46. The molecule has 2 aliphatic rings. The maximum Gasteiger partial charge on any atom is 0.320 e. The Morgan fingerprint density at radius 3 is 2.84 bits per heavy atom. The van der Waals surface area contributed by atoms with Gasteiger partial charge < -0.3 is 21.1 Å². The summed E-state index contributed by atoms with van der Waals surface area (Å²) < 4.78 is 33.7. The van der Waals surface area contributed by atoms with Gasteiger partial charge in [-0.05, 0) is 42.8 Å². The van der Waals surface area contributed by atoms with Crippen molar-refractivity contribution >= 4 is 34.0 Å². The molecular formula is C22H22F2N6O2. The van der Waals surface area contributed by atoms with E-state index in [4.69, 9.17) is 10.5 Å². The lowest BCUT2D eigenvalue weighted by Crippen LogP contribution is -2.46. The smallest absolute Gasteiger partial charge is 0.320 e. The van der Waals surface area contributed by atoms with Crippen molar-refractivity contribution in [3.05, 3.63) is 35.9 Å². The number of carbonyl (C=O) groups excluding carboxylic acids is 1. The molecule has 5 N–H and O–H groups in total. The molecule has 166 valence electrons. The van der Waals surface area contributed by atoms with Gasteiger partial charge in [0.25, 0.3) is 0 Å². The van der Waals surface area contributed by atoms with E-state index in [1.165, 1.54) is 6.20 Å². The lowest BCUT2D eigenvalue weighted by molar-refractivity contribution is 0.159. The maximum atomic E-state index is 15.2. The third-order valence-corrected chi connectivity index (χ3v) is 5.89. The number of nitrogens with two attached hydrogens (primary N) is 1. The van der Waals surface area contributed by atoms with E-state index in [1.54, 1.807) is 18.3 Å². The van der Waals surface area contributed by atoms with Gasteiger partial charge in [0.05, 0.1) is 5.69 Å².